The minimum absolute atomic E-state index is 0.0395. The Labute approximate surface area is 154 Å². The van der Waals surface area contributed by atoms with Crippen LogP contribution >= 0.6 is 0 Å². The summed E-state index contributed by atoms with van der Waals surface area (Å²) < 4.78 is 1.84. The van der Waals surface area contributed by atoms with Crippen LogP contribution in [0.15, 0.2) is 23.0 Å². The molecule has 4 rings (SSSR count). The molecular formula is C21H27N3O2. The van der Waals surface area contributed by atoms with Crippen LogP contribution in [-0.2, 0) is 13.0 Å². The summed E-state index contributed by atoms with van der Waals surface area (Å²) in [6, 6.07) is 5.40. The molecule has 1 aromatic carbocycles. The van der Waals surface area contributed by atoms with Gasteiger partial charge < -0.3 is 4.90 Å². The fourth-order valence-corrected chi connectivity index (χ4v) is 4.12. The average molecular weight is 353 g/mol. The first-order chi connectivity index (χ1) is 12.6. The molecule has 2 aromatic rings. The molecule has 0 atom stereocenters. The van der Waals surface area contributed by atoms with Gasteiger partial charge in [-0.05, 0) is 49.8 Å². The summed E-state index contributed by atoms with van der Waals surface area (Å²) in [5, 5.41) is 0.623. The van der Waals surface area contributed by atoms with Crippen LogP contribution in [0.3, 0.4) is 0 Å². The number of aromatic nitrogens is 2. The third kappa shape index (κ3) is 3.27. The molecule has 0 radical (unpaired) electrons. The van der Waals surface area contributed by atoms with Gasteiger partial charge in [0.2, 0.25) is 0 Å². The molecule has 0 saturated carbocycles. The van der Waals surface area contributed by atoms with Gasteiger partial charge in [0.15, 0.2) is 0 Å². The number of benzene rings is 1. The van der Waals surface area contributed by atoms with Gasteiger partial charge in [0.1, 0.15) is 5.82 Å². The van der Waals surface area contributed by atoms with Crippen molar-refractivity contribution in [2.45, 2.75) is 58.4 Å². The number of carbonyl (C=O) groups is 1. The number of carbonyl (C=O) groups excluding carboxylic acids is 1. The van der Waals surface area contributed by atoms with E-state index in [9.17, 15) is 9.59 Å². The predicted molar refractivity (Wildman–Crippen MR) is 102 cm³/mol. The minimum Gasteiger partial charge on any atom is -0.339 e. The number of hydrogen-bond donors (Lipinski definition) is 0. The van der Waals surface area contributed by atoms with Gasteiger partial charge in [-0.3, -0.25) is 14.2 Å². The predicted octanol–water partition coefficient (Wildman–Crippen LogP) is 3.39. The number of piperidine rings is 1. The summed E-state index contributed by atoms with van der Waals surface area (Å²) in [5.74, 6) is 1.63. The second kappa shape index (κ2) is 7.22. The third-order valence-corrected chi connectivity index (χ3v) is 5.88. The molecule has 138 valence electrons. The fourth-order valence-electron chi connectivity index (χ4n) is 4.12. The van der Waals surface area contributed by atoms with Crippen molar-refractivity contribution in [1.82, 2.24) is 14.5 Å². The van der Waals surface area contributed by atoms with Gasteiger partial charge in [-0.1, -0.05) is 19.8 Å². The molecule has 2 aliphatic rings. The quantitative estimate of drug-likeness (QED) is 0.790. The number of amides is 1. The van der Waals surface area contributed by atoms with Crippen LogP contribution in [-0.4, -0.2) is 33.4 Å². The second-order valence-electron chi connectivity index (χ2n) is 7.86. The number of nitrogens with zero attached hydrogens (tertiary/aromatic N) is 3. The normalized spacial score (nSPS) is 19.0. The number of aryl methyl sites for hydroxylation is 1. The van der Waals surface area contributed by atoms with Crippen molar-refractivity contribution >= 4 is 16.8 Å². The van der Waals surface area contributed by atoms with Gasteiger partial charge in [-0.2, -0.15) is 0 Å². The zero-order chi connectivity index (χ0) is 18.1. The summed E-state index contributed by atoms with van der Waals surface area (Å²) in [7, 11) is 0. The van der Waals surface area contributed by atoms with E-state index in [1.54, 1.807) is 12.1 Å². The van der Waals surface area contributed by atoms with E-state index in [2.05, 4.69) is 6.92 Å². The molecule has 1 saturated heterocycles. The van der Waals surface area contributed by atoms with E-state index in [1.165, 1.54) is 12.8 Å². The summed E-state index contributed by atoms with van der Waals surface area (Å²) in [6.07, 6.45) is 7.43. The van der Waals surface area contributed by atoms with Crippen LogP contribution in [0.2, 0.25) is 0 Å². The van der Waals surface area contributed by atoms with E-state index in [0.29, 0.717) is 22.4 Å². The van der Waals surface area contributed by atoms with Crippen molar-refractivity contribution in [3.63, 3.8) is 0 Å². The van der Waals surface area contributed by atoms with E-state index >= 15 is 0 Å². The molecule has 26 heavy (non-hydrogen) atoms. The van der Waals surface area contributed by atoms with Crippen LogP contribution in [0, 0.1) is 5.92 Å². The Morgan fingerprint density at radius 2 is 1.85 bits per heavy atom. The first kappa shape index (κ1) is 17.3. The van der Waals surface area contributed by atoms with Gasteiger partial charge in [0.05, 0.1) is 10.9 Å². The van der Waals surface area contributed by atoms with Crippen molar-refractivity contribution in [2.24, 2.45) is 5.92 Å². The fraction of sp³-hybridized carbons (Fsp3) is 0.571. The number of hydrogen-bond acceptors (Lipinski definition) is 3. The highest BCUT2D eigenvalue weighted by Gasteiger charge is 2.22. The van der Waals surface area contributed by atoms with Gasteiger partial charge in [-0.25, -0.2) is 4.98 Å². The molecule has 5 nitrogen and oxygen atoms in total. The van der Waals surface area contributed by atoms with Gasteiger partial charge in [0.25, 0.3) is 11.5 Å². The van der Waals surface area contributed by atoms with E-state index in [0.717, 1.165) is 57.6 Å². The lowest BCUT2D eigenvalue weighted by Gasteiger charge is -2.30. The average Bonchev–Trinajstić information content (AvgIpc) is 2.63. The maximum Gasteiger partial charge on any atom is 0.261 e. The minimum atomic E-state index is 0.0395. The van der Waals surface area contributed by atoms with Crippen LogP contribution < -0.4 is 5.56 Å². The largest absolute Gasteiger partial charge is 0.339 e. The molecule has 5 heteroatoms. The first-order valence-electron chi connectivity index (χ1n) is 9.96. The SMILES string of the molecule is CC1CCN(C(=O)c2ccc3c(=O)n4c(nc3c2)CCCCCC4)CC1. The molecule has 0 spiro atoms. The van der Waals surface area contributed by atoms with Gasteiger partial charge in [-0.15, -0.1) is 0 Å². The van der Waals surface area contributed by atoms with Crippen molar-refractivity contribution in [3.05, 3.63) is 39.9 Å². The van der Waals surface area contributed by atoms with E-state index in [4.69, 9.17) is 4.98 Å². The van der Waals surface area contributed by atoms with Crippen LogP contribution in [0.5, 0.6) is 0 Å². The van der Waals surface area contributed by atoms with Crippen LogP contribution in [0.4, 0.5) is 0 Å². The Morgan fingerprint density at radius 3 is 2.65 bits per heavy atom. The second-order valence-corrected chi connectivity index (χ2v) is 7.86. The third-order valence-electron chi connectivity index (χ3n) is 5.88. The molecule has 1 aromatic heterocycles. The van der Waals surface area contributed by atoms with Crippen LogP contribution in [0.1, 0.15) is 61.6 Å². The smallest absolute Gasteiger partial charge is 0.261 e. The molecule has 0 bridgehead atoms. The molecule has 1 fully saturated rings. The maximum atomic E-state index is 12.9. The van der Waals surface area contributed by atoms with Crippen molar-refractivity contribution in [1.29, 1.82) is 0 Å². The van der Waals surface area contributed by atoms with Gasteiger partial charge >= 0.3 is 0 Å². The van der Waals surface area contributed by atoms with E-state index in [-0.39, 0.29) is 11.5 Å². The zero-order valence-corrected chi connectivity index (χ0v) is 15.5. The Hall–Kier alpha value is -2.17. The number of rotatable bonds is 1. The zero-order valence-electron chi connectivity index (χ0n) is 15.5. The van der Waals surface area contributed by atoms with Crippen molar-refractivity contribution in [3.8, 4) is 0 Å². The standard InChI is InChI=1S/C21H27N3O2/c1-15-9-12-23(13-10-15)20(25)16-7-8-17-18(14-16)22-19-6-4-2-3-5-11-24(19)21(17)26/h7-8,14-15H,2-6,9-13H2,1H3. The highest BCUT2D eigenvalue weighted by Crippen LogP contribution is 2.20. The highest BCUT2D eigenvalue weighted by molar-refractivity contribution is 5.97. The monoisotopic (exact) mass is 353 g/mol. The lowest BCUT2D eigenvalue weighted by atomic mass is 9.98. The van der Waals surface area contributed by atoms with E-state index in [1.807, 2.05) is 15.5 Å². The highest BCUT2D eigenvalue weighted by atomic mass is 16.2. The van der Waals surface area contributed by atoms with Crippen molar-refractivity contribution in [2.75, 3.05) is 13.1 Å². The Balaban J connectivity index is 1.69. The molecule has 0 N–H and O–H groups in total. The van der Waals surface area contributed by atoms with Crippen molar-refractivity contribution < 1.29 is 4.79 Å². The number of likely N-dealkylation sites (tertiary alicyclic amines) is 1. The van der Waals surface area contributed by atoms with Gasteiger partial charge in [0, 0.05) is 31.6 Å². The van der Waals surface area contributed by atoms with E-state index < -0.39 is 0 Å². The number of fused-ring (bicyclic) bond motifs is 2. The Morgan fingerprint density at radius 1 is 1.08 bits per heavy atom. The first-order valence-corrected chi connectivity index (χ1v) is 9.96. The molecule has 1 amide bonds. The Kier molecular flexibility index (Phi) is 4.79. The summed E-state index contributed by atoms with van der Waals surface area (Å²) in [5.41, 5.74) is 1.35. The topological polar surface area (TPSA) is 55.2 Å². The molecule has 0 aliphatic carbocycles. The summed E-state index contributed by atoms with van der Waals surface area (Å²) >= 11 is 0. The lowest BCUT2D eigenvalue weighted by Crippen LogP contribution is -2.38. The van der Waals surface area contributed by atoms with Crippen LogP contribution in [0.25, 0.3) is 10.9 Å². The molecule has 3 heterocycles. The molecule has 2 aliphatic heterocycles. The maximum absolute atomic E-state index is 12.9. The molecular weight excluding hydrogens is 326 g/mol. The summed E-state index contributed by atoms with van der Waals surface area (Å²) in [6.45, 7) is 4.63. The lowest BCUT2D eigenvalue weighted by molar-refractivity contribution is 0.0697. The molecule has 0 unspecified atom stereocenters. The summed E-state index contributed by atoms with van der Waals surface area (Å²) in [4.78, 5) is 32.4. The Bertz CT molecular complexity index is 879.